The van der Waals surface area contributed by atoms with E-state index in [4.69, 9.17) is 4.74 Å². The van der Waals surface area contributed by atoms with E-state index in [-0.39, 0.29) is 17.8 Å². The van der Waals surface area contributed by atoms with Crippen LogP contribution in [0.5, 0.6) is 0 Å². The highest BCUT2D eigenvalue weighted by molar-refractivity contribution is 7.07. The number of carbonyl (C=O) groups excluding carboxylic acids is 1. The molecule has 0 radical (unpaired) electrons. The van der Waals surface area contributed by atoms with E-state index < -0.39 is 0 Å². The number of hydrogen-bond donors (Lipinski definition) is 1. The van der Waals surface area contributed by atoms with Crippen molar-refractivity contribution in [1.29, 1.82) is 0 Å². The van der Waals surface area contributed by atoms with E-state index in [1.54, 1.807) is 18.4 Å². The predicted molar refractivity (Wildman–Crippen MR) is 85.6 cm³/mol. The van der Waals surface area contributed by atoms with Gasteiger partial charge in [0.15, 0.2) is 5.96 Å². The van der Waals surface area contributed by atoms with Crippen molar-refractivity contribution < 1.29 is 9.53 Å². The third-order valence-corrected chi connectivity index (χ3v) is 4.64. The Labute approximate surface area is 130 Å². The third kappa shape index (κ3) is 3.97. The molecule has 2 atom stereocenters. The van der Waals surface area contributed by atoms with Crippen LogP contribution in [0.3, 0.4) is 0 Å². The molecular weight excluding hydrogens is 286 g/mol. The first-order chi connectivity index (χ1) is 10.2. The standard InChI is InChI=1S/C15H23N3O2S/c1-11-8-18(9-13(11)14(19)20-3)15(16-2)17-6-4-12-5-7-21-10-12/h5,7,10-11,13H,4,6,8-9H2,1-3H3,(H,16,17). The molecule has 0 aliphatic carbocycles. The summed E-state index contributed by atoms with van der Waals surface area (Å²) in [5.74, 6) is 0.959. The molecule has 1 saturated heterocycles. The second-order valence-corrected chi connectivity index (χ2v) is 6.15. The van der Waals surface area contributed by atoms with Gasteiger partial charge in [-0.3, -0.25) is 9.79 Å². The summed E-state index contributed by atoms with van der Waals surface area (Å²) >= 11 is 1.72. The van der Waals surface area contributed by atoms with Gasteiger partial charge in [-0.25, -0.2) is 0 Å². The van der Waals surface area contributed by atoms with Crippen molar-refractivity contribution >= 4 is 23.3 Å². The molecule has 6 heteroatoms. The molecule has 0 spiro atoms. The first-order valence-corrected chi connectivity index (χ1v) is 8.14. The minimum atomic E-state index is -0.126. The van der Waals surface area contributed by atoms with Gasteiger partial charge in [0.05, 0.1) is 13.0 Å². The Kier molecular flexibility index (Phi) is 5.61. The Hall–Kier alpha value is -1.56. The minimum Gasteiger partial charge on any atom is -0.469 e. The minimum absolute atomic E-state index is 0.0644. The summed E-state index contributed by atoms with van der Waals surface area (Å²) in [5, 5.41) is 7.63. The maximum Gasteiger partial charge on any atom is 0.310 e. The van der Waals surface area contributed by atoms with E-state index in [0.717, 1.165) is 25.5 Å². The molecule has 116 valence electrons. The molecule has 21 heavy (non-hydrogen) atoms. The molecule has 2 heterocycles. The van der Waals surface area contributed by atoms with Gasteiger partial charge in [-0.1, -0.05) is 6.92 Å². The van der Waals surface area contributed by atoms with Crippen molar-refractivity contribution in [2.75, 3.05) is 33.8 Å². The first kappa shape index (κ1) is 15.8. The van der Waals surface area contributed by atoms with Gasteiger partial charge >= 0.3 is 5.97 Å². The monoisotopic (exact) mass is 309 g/mol. The highest BCUT2D eigenvalue weighted by atomic mass is 32.1. The summed E-state index contributed by atoms with van der Waals surface area (Å²) in [6.07, 6.45) is 0.979. The number of aliphatic imine (C=N–C) groups is 1. The van der Waals surface area contributed by atoms with E-state index in [9.17, 15) is 4.79 Å². The summed E-state index contributed by atoms with van der Waals surface area (Å²) in [4.78, 5) is 18.2. The Morgan fingerprint density at radius 1 is 1.57 bits per heavy atom. The predicted octanol–water partition coefficient (Wildman–Crippen LogP) is 1.61. The lowest BCUT2D eigenvalue weighted by Gasteiger charge is -2.21. The summed E-state index contributed by atoms with van der Waals surface area (Å²) in [6.45, 7) is 4.43. The Morgan fingerprint density at radius 3 is 3.00 bits per heavy atom. The molecule has 1 aliphatic rings. The van der Waals surface area contributed by atoms with Crippen LogP contribution < -0.4 is 5.32 Å². The number of esters is 1. The summed E-state index contributed by atoms with van der Waals surface area (Å²) in [6, 6.07) is 2.14. The van der Waals surface area contributed by atoms with E-state index >= 15 is 0 Å². The summed E-state index contributed by atoms with van der Waals surface area (Å²) in [7, 11) is 3.23. The molecule has 2 rings (SSSR count). The Bertz CT molecular complexity index is 487. The van der Waals surface area contributed by atoms with Crippen LogP contribution in [0, 0.1) is 11.8 Å². The van der Waals surface area contributed by atoms with Gasteiger partial charge in [0, 0.05) is 26.7 Å². The summed E-state index contributed by atoms with van der Waals surface area (Å²) < 4.78 is 4.87. The summed E-state index contributed by atoms with van der Waals surface area (Å²) in [5.41, 5.74) is 1.34. The lowest BCUT2D eigenvalue weighted by Crippen LogP contribution is -2.41. The molecule has 5 nitrogen and oxygen atoms in total. The van der Waals surface area contributed by atoms with Crippen LogP contribution in [-0.2, 0) is 16.0 Å². The molecule has 1 fully saturated rings. The second kappa shape index (κ2) is 7.45. The largest absolute Gasteiger partial charge is 0.469 e. The van der Waals surface area contributed by atoms with Crippen molar-refractivity contribution in [2.45, 2.75) is 13.3 Å². The van der Waals surface area contributed by atoms with Gasteiger partial charge < -0.3 is 15.0 Å². The SMILES string of the molecule is CN=C(NCCc1ccsc1)N1CC(C)C(C(=O)OC)C1. The number of likely N-dealkylation sites (tertiary alicyclic amines) is 1. The number of hydrogen-bond acceptors (Lipinski definition) is 4. The number of ether oxygens (including phenoxy) is 1. The number of thiophene rings is 1. The van der Waals surface area contributed by atoms with Gasteiger partial charge in [-0.05, 0) is 34.7 Å². The molecule has 1 aromatic rings. The molecule has 0 saturated carbocycles. The van der Waals surface area contributed by atoms with Crippen LogP contribution >= 0.6 is 11.3 Å². The molecule has 0 amide bonds. The number of guanidine groups is 1. The fraction of sp³-hybridized carbons (Fsp3) is 0.600. The number of rotatable bonds is 4. The van der Waals surface area contributed by atoms with E-state index in [0.29, 0.717) is 6.54 Å². The van der Waals surface area contributed by atoms with E-state index in [1.165, 1.54) is 12.7 Å². The normalized spacial score (nSPS) is 22.4. The lowest BCUT2D eigenvalue weighted by atomic mass is 9.99. The zero-order valence-corrected chi connectivity index (χ0v) is 13.7. The second-order valence-electron chi connectivity index (χ2n) is 5.37. The van der Waals surface area contributed by atoms with Gasteiger partial charge in [0.2, 0.25) is 0 Å². The highest BCUT2D eigenvalue weighted by Gasteiger charge is 2.36. The third-order valence-electron chi connectivity index (χ3n) is 3.90. The fourth-order valence-electron chi connectivity index (χ4n) is 2.68. The number of nitrogens with one attached hydrogen (secondary N) is 1. The van der Waals surface area contributed by atoms with Crippen LogP contribution in [0.25, 0.3) is 0 Å². The molecule has 1 N–H and O–H groups in total. The van der Waals surface area contributed by atoms with Crippen LogP contribution in [0.4, 0.5) is 0 Å². The van der Waals surface area contributed by atoms with E-state index in [1.807, 2.05) is 0 Å². The number of carbonyl (C=O) groups is 1. The number of methoxy groups -OCH3 is 1. The maximum atomic E-state index is 11.7. The maximum absolute atomic E-state index is 11.7. The van der Waals surface area contributed by atoms with Crippen molar-refractivity contribution in [1.82, 2.24) is 10.2 Å². The van der Waals surface area contributed by atoms with Crippen LogP contribution in [0.1, 0.15) is 12.5 Å². The quantitative estimate of drug-likeness (QED) is 0.521. The first-order valence-electron chi connectivity index (χ1n) is 7.20. The fourth-order valence-corrected chi connectivity index (χ4v) is 3.39. The average molecular weight is 309 g/mol. The van der Waals surface area contributed by atoms with Gasteiger partial charge in [0.1, 0.15) is 0 Å². The molecule has 1 aromatic heterocycles. The molecule has 0 aromatic carbocycles. The highest BCUT2D eigenvalue weighted by Crippen LogP contribution is 2.24. The van der Waals surface area contributed by atoms with Crippen LogP contribution in [0.2, 0.25) is 0 Å². The molecule has 2 unspecified atom stereocenters. The van der Waals surface area contributed by atoms with Gasteiger partial charge in [-0.2, -0.15) is 11.3 Å². The zero-order valence-electron chi connectivity index (χ0n) is 12.8. The zero-order chi connectivity index (χ0) is 15.2. The Morgan fingerprint density at radius 2 is 2.38 bits per heavy atom. The molecule has 0 bridgehead atoms. The lowest BCUT2D eigenvalue weighted by molar-refractivity contribution is -0.145. The smallest absolute Gasteiger partial charge is 0.310 e. The van der Waals surface area contributed by atoms with Gasteiger partial charge in [0.25, 0.3) is 0 Å². The topological polar surface area (TPSA) is 53.9 Å². The van der Waals surface area contributed by atoms with Crippen molar-refractivity contribution in [2.24, 2.45) is 16.8 Å². The van der Waals surface area contributed by atoms with Crippen molar-refractivity contribution in [3.8, 4) is 0 Å². The van der Waals surface area contributed by atoms with Crippen molar-refractivity contribution in [3.05, 3.63) is 22.4 Å². The molecular formula is C15H23N3O2S. The Balaban J connectivity index is 1.86. The van der Waals surface area contributed by atoms with Gasteiger partial charge in [-0.15, -0.1) is 0 Å². The average Bonchev–Trinajstić information content (AvgIpc) is 3.12. The number of nitrogens with zero attached hydrogens (tertiary/aromatic N) is 2. The van der Waals surface area contributed by atoms with Crippen molar-refractivity contribution in [3.63, 3.8) is 0 Å². The molecule has 1 aliphatic heterocycles. The van der Waals surface area contributed by atoms with Crippen LogP contribution in [-0.4, -0.2) is 50.6 Å². The van der Waals surface area contributed by atoms with Crippen LogP contribution in [0.15, 0.2) is 21.8 Å². The van der Waals surface area contributed by atoms with E-state index in [2.05, 4.69) is 39.0 Å².